The molecule has 0 aliphatic heterocycles. The number of aldehydes is 1. The summed E-state index contributed by atoms with van der Waals surface area (Å²) in [6.07, 6.45) is 4.44. The highest BCUT2D eigenvalue weighted by atomic mass is 16.5. The molecule has 3 nitrogen and oxygen atoms in total. The summed E-state index contributed by atoms with van der Waals surface area (Å²) in [6.45, 7) is 1.79. The van der Waals surface area contributed by atoms with Crippen molar-refractivity contribution in [2.45, 2.75) is 50.7 Å². The van der Waals surface area contributed by atoms with Gasteiger partial charge in [-0.3, -0.25) is 0 Å². The molecule has 0 radical (unpaired) electrons. The van der Waals surface area contributed by atoms with Crippen molar-refractivity contribution < 1.29 is 14.3 Å². The van der Waals surface area contributed by atoms with E-state index < -0.39 is 11.7 Å². The molecular weight excluding hydrogens is 396 g/mol. The molecule has 0 N–H and O–H groups in total. The standard InChI is InChI=1S/C29H30O3/c1-24(23-31)28(21-13-2-3-14-22-30)32-29(25-15-7-4-8-16-25,26-17-9-5-10-18-26)27-19-11-6-12-20-27/h4-12,15-20,22,28H,2-3,13-14,21H2,1H3. The van der Waals surface area contributed by atoms with E-state index in [1.807, 2.05) is 54.6 Å². The molecular formula is C29H30O3. The molecule has 0 bridgehead atoms. The highest BCUT2D eigenvalue weighted by Gasteiger charge is 2.40. The quantitative estimate of drug-likeness (QED) is 0.148. The van der Waals surface area contributed by atoms with E-state index >= 15 is 0 Å². The normalized spacial score (nSPS) is 12.0. The summed E-state index contributed by atoms with van der Waals surface area (Å²) in [5.41, 5.74) is 2.67. The van der Waals surface area contributed by atoms with Crippen LogP contribution in [0.1, 0.15) is 55.7 Å². The van der Waals surface area contributed by atoms with Gasteiger partial charge in [0.15, 0.2) is 0 Å². The molecule has 32 heavy (non-hydrogen) atoms. The lowest BCUT2D eigenvalue weighted by atomic mass is 9.79. The van der Waals surface area contributed by atoms with Gasteiger partial charge in [-0.25, -0.2) is 4.79 Å². The number of hydrogen-bond donors (Lipinski definition) is 0. The van der Waals surface area contributed by atoms with E-state index in [0.717, 1.165) is 42.2 Å². The molecule has 0 amide bonds. The van der Waals surface area contributed by atoms with Crippen molar-refractivity contribution in [2.75, 3.05) is 0 Å². The van der Waals surface area contributed by atoms with Crippen molar-refractivity contribution >= 4 is 12.2 Å². The molecule has 164 valence electrons. The Bertz CT molecular complexity index is 909. The smallest absolute Gasteiger partial charge is 0.144 e. The molecule has 0 aromatic heterocycles. The van der Waals surface area contributed by atoms with Crippen LogP contribution in [-0.2, 0) is 19.9 Å². The van der Waals surface area contributed by atoms with Crippen LogP contribution in [0.5, 0.6) is 0 Å². The number of benzene rings is 3. The number of ether oxygens (including phenoxy) is 1. The first kappa shape index (κ1) is 23.4. The zero-order valence-corrected chi connectivity index (χ0v) is 18.6. The number of rotatable bonds is 12. The van der Waals surface area contributed by atoms with E-state index in [0.29, 0.717) is 18.4 Å². The zero-order chi connectivity index (χ0) is 22.7. The largest absolute Gasteiger partial charge is 0.353 e. The van der Waals surface area contributed by atoms with E-state index in [1.54, 1.807) is 6.92 Å². The third-order valence-corrected chi connectivity index (χ3v) is 5.79. The molecule has 0 saturated heterocycles. The number of carbonyl (C=O) groups is 1. The van der Waals surface area contributed by atoms with Gasteiger partial charge >= 0.3 is 0 Å². The second kappa shape index (κ2) is 12.0. The summed E-state index contributed by atoms with van der Waals surface area (Å²) in [7, 11) is 0. The van der Waals surface area contributed by atoms with Gasteiger partial charge in [-0.2, -0.15) is 0 Å². The van der Waals surface area contributed by atoms with Gasteiger partial charge in [0.25, 0.3) is 0 Å². The van der Waals surface area contributed by atoms with E-state index in [4.69, 9.17) is 4.74 Å². The van der Waals surface area contributed by atoms with E-state index in [-0.39, 0.29) is 0 Å². The van der Waals surface area contributed by atoms with Crippen LogP contribution in [0.3, 0.4) is 0 Å². The Morgan fingerprint density at radius 2 is 1.28 bits per heavy atom. The molecule has 1 unspecified atom stereocenters. The minimum Gasteiger partial charge on any atom is -0.353 e. The van der Waals surface area contributed by atoms with Crippen LogP contribution in [0.25, 0.3) is 0 Å². The molecule has 0 heterocycles. The first-order chi connectivity index (χ1) is 15.7. The predicted octanol–water partition coefficient (Wildman–Crippen LogP) is 6.29. The van der Waals surface area contributed by atoms with Gasteiger partial charge in [-0.1, -0.05) is 104 Å². The van der Waals surface area contributed by atoms with Crippen molar-refractivity contribution in [1.82, 2.24) is 0 Å². The van der Waals surface area contributed by atoms with Crippen LogP contribution in [0.15, 0.2) is 96.6 Å². The first-order valence-corrected chi connectivity index (χ1v) is 11.2. The molecule has 3 aromatic carbocycles. The molecule has 0 saturated carbocycles. The monoisotopic (exact) mass is 426 g/mol. The van der Waals surface area contributed by atoms with E-state index in [9.17, 15) is 9.59 Å². The summed E-state index contributed by atoms with van der Waals surface area (Å²) in [5, 5.41) is 0. The second-order valence-corrected chi connectivity index (χ2v) is 7.98. The summed E-state index contributed by atoms with van der Waals surface area (Å²) in [5.74, 6) is 2.08. The second-order valence-electron chi connectivity index (χ2n) is 7.98. The van der Waals surface area contributed by atoms with E-state index in [1.165, 1.54) is 0 Å². The SMILES string of the molecule is CC(=C=O)C(CCCCCC=O)OC(c1ccccc1)(c1ccccc1)c1ccccc1. The van der Waals surface area contributed by atoms with Crippen LogP contribution >= 0.6 is 0 Å². The maximum Gasteiger partial charge on any atom is 0.144 e. The fourth-order valence-corrected chi connectivity index (χ4v) is 4.10. The van der Waals surface area contributed by atoms with Crippen LogP contribution in [0, 0.1) is 0 Å². The number of unbranched alkanes of at least 4 members (excludes halogenated alkanes) is 3. The van der Waals surface area contributed by atoms with Crippen LogP contribution in [0.2, 0.25) is 0 Å². The lowest BCUT2D eigenvalue weighted by Gasteiger charge is -2.39. The average molecular weight is 427 g/mol. The summed E-state index contributed by atoms with van der Waals surface area (Å²) >= 11 is 0. The zero-order valence-electron chi connectivity index (χ0n) is 18.6. The van der Waals surface area contributed by atoms with Gasteiger partial charge in [0.2, 0.25) is 0 Å². The van der Waals surface area contributed by atoms with Gasteiger partial charge in [-0.15, -0.1) is 0 Å². The Morgan fingerprint density at radius 1 is 0.812 bits per heavy atom. The van der Waals surface area contributed by atoms with Gasteiger partial charge in [0.1, 0.15) is 17.8 Å². The molecule has 0 fully saturated rings. The van der Waals surface area contributed by atoms with Gasteiger partial charge in [0, 0.05) is 12.0 Å². The molecule has 3 aromatic rings. The van der Waals surface area contributed by atoms with Crippen molar-refractivity contribution in [3.05, 3.63) is 113 Å². The minimum absolute atomic E-state index is 0.399. The highest BCUT2D eigenvalue weighted by Crippen LogP contribution is 2.42. The predicted molar refractivity (Wildman–Crippen MR) is 128 cm³/mol. The van der Waals surface area contributed by atoms with Crippen LogP contribution in [0.4, 0.5) is 0 Å². The fourth-order valence-electron chi connectivity index (χ4n) is 4.10. The van der Waals surface area contributed by atoms with Crippen LogP contribution < -0.4 is 0 Å². The highest BCUT2D eigenvalue weighted by molar-refractivity contribution is 5.54. The molecule has 0 aliphatic carbocycles. The van der Waals surface area contributed by atoms with Gasteiger partial charge in [0.05, 0.1) is 6.10 Å². The Hall–Kier alpha value is -3.26. The molecule has 0 aliphatic rings. The van der Waals surface area contributed by atoms with Gasteiger partial charge < -0.3 is 9.53 Å². The minimum atomic E-state index is -0.880. The number of carbonyl (C=O) groups excluding carboxylic acids is 2. The Kier molecular flexibility index (Phi) is 8.74. The van der Waals surface area contributed by atoms with Crippen molar-refractivity contribution in [2.24, 2.45) is 0 Å². The molecule has 1 atom stereocenters. The summed E-state index contributed by atoms with van der Waals surface area (Å²) in [6, 6.07) is 30.5. The Balaban J connectivity index is 2.10. The third kappa shape index (κ3) is 5.50. The Labute approximate surface area is 190 Å². The number of hydrogen-bond acceptors (Lipinski definition) is 3. The van der Waals surface area contributed by atoms with Crippen LogP contribution in [-0.4, -0.2) is 18.3 Å². The van der Waals surface area contributed by atoms with Crippen molar-refractivity contribution in [1.29, 1.82) is 0 Å². The topological polar surface area (TPSA) is 43.4 Å². The van der Waals surface area contributed by atoms with Gasteiger partial charge in [-0.05, 0) is 36.5 Å². The first-order valence-electron chi connectivity index (χ1n) is 11.2. The van der Waals surface area contributed by atoms with Crippen molar-refractivity contribution in [3.63, 3.8) is 0 Å². The van der Waals surface area contributed by atoms with E-state index in [2.05, 4.69) is 42.3 Å². The Morgan fingerprint density at radius 3 is 1.69 bits per heavy atom. The summed E-state index contributed by atoms with van der Waals surface area (Å²) < 4.78 is 6.99. The third-order valence-electron chi connectivity index (χ3n) is 5.79. The molecule has 3 rings (SSSR count). The average Bonchev–Trinajstić information content (AvgIpc) is 2.87. The molecule has 3 heteroatoms. The lowest BCUT2D eigenvalue weighted by molar-refractivity contribution is -0.107. The fraction of sp³-hybridized carbons (Fsp3) is 0.276. The summed E-state index contributed by atoms with van der Waals surface area (Å²) in [4.78, 5) is 22.3. The maximum absolute atomic E-state index is 11.7. The lowest BCUT2D eigenvalue weighted by Crippen LogP contribution is -2.37. The van der Waals surface area contributed by atoms with Crippen molar-refractivity contribution in [3.8, 4) is 0 Å². The molecule has 0 spiro atoms. The maximum atomic E-state index is 11.7.